The Hall–Kier alpha value is -2.46. The molecule has 0 aliphatic rings. The number of aromatic nitrogens is 3. The van der Waals surface area contributed by atoms with Crippen LogP contribution in [0.15, 0.2) is 54.6 Å². The number of H-pyrrole nitrogens is 1. The molecule has 0 aliphatic heterocycles. The minimum absolute atomic E-state index is 0.0163. The molecular formula is C15H13N3O. The van der Waals surface area contributed by atoms with Crippen LogP contribution in [0.2, 0.25) is 0 Å². The van der Waals surface area contributed by atoms with E-state index in [0.29, 0.717) is 11.6 Å². The normalized spacial score (nSPS) is 10.6. The van der Waals surface area contributed by atoms with Gasteiger partial charge in [0, 0.05) is 11.1 Å². The lowest BCUT2D eigenvalue weighted by molar-refractivity contribution is 0.282. The van der Waals surface area contributed by atoms with Crippen molar-refractivity contribution in [1.29, 1.82) is 0 Å². The Kier molecular flexibility index (Phi) is 3.08. The minimum Gasteiger partial charge on any atom is -0.392 e. The predicted octanol–water partition coefficient (Wildman–Crippen LogP) is 2.63. The second-order valence-electron chi connectivity index (χ2n) is 4.19. The van der Waals surface area contributed by atoms with E-state index >= 15 is 0 Å². The van der Waals surface area contributed by atoms with Gasteiger partial charge in [-0.25, -0.2) is 4.98 Å². The number of nitrogens with one attached hydrogen (secondary N) is 1. The van der Waals surface area contributed by atoms with Gasteiger partial charge in [-0.15, -0.1) is 0 Å². The lowest BCUT2D eigenvalue weighted by Crippen LogP contribution is -1.90. The second-order valence-corrected chi connectivity index (χ2v) is 4.19. The van der Waals surface area contributed by atoms with E-state index in [4.69, 9.17) is 0 Å². The van der Waals surface area contributed by atoms with Gasteiger partial charge >= 0.3 is 0 Å². The molecule has 2 aromatic carbocycles. The van der Waals surface area contributed by atoms with E-state index in [0.717, 1.165) is 16.7 Å². The van der Waals surface area contributed by atoms with E-state index < -0.39 is 0 Å². The van der Waals surface area contributed by atoms with Gasteiger partial charge in [0.2, 0.25) is 0 Å². The molecule has 0 unspecified atom stereocenters. The van der Waals surface area contributed by atoms with Gasteiger partial charge in [-0.3, -0.25) is 5.10 Å². The van der Waals surface area contributed by atoms with Gasteiger partial charge in [0.05, 0.1) is 6.61 Å². The van der Waals surface area contributed by atoms with Crippen LogP contribution in [-0.4, -0.2) is 20.3 Å². The predicted molar refractivity (Wildman–Crippen MR) is 73.2 cm³/mol. The van der Waals surface area contributed by atoms with Crippen LogP contribution in [0.25, 0.3) is 22.8 Å². The highest BCUT2D eigenvalue weighted by atomic mass is 16.3. The molecule has 0 atom stereocenters. The first kappa shape index (κ1) is 11.6. The van der Waals surface area contributed by atoms with Crippen molar-refractivity contribution >= 4 is 0 Å². The Bertz CT molecular complexity index is 677. The highest BCUT2D eigenvalue weighted by molar-refractivity contribution is 5.63. The molecule has 94 valence electrons. The second kappa shape index (κ2) is 5.04. The van der Waals surface area contributed by atoms with Crippen LogP contribution in [-0.2, 0) is 6.61 Å². The zero-order chi connectivity index (χ0) is 13.1. The Morgan fingerprint density at radius 3 is 2.47 bits per heavy atom. The Labute approximate surface area is 110 Å². The van der Waals surface area contributed by atoms with Crippen LogP contribution >= 0.6 is 0 Å². The summed E-state index contributed by atoms with van der Waals surface area (Å²) in [6.07, 6.45) is 0. The number of aliphatic hydroxyl groups excluding tert-OH is 1. The highest BCUT2D eigenvalue weighted by Gasteiger charge is 2.10. The maximum atomic E-state index is 9.34. The van der Waals surface area contributed by atoms with Gasteiger partial charge in [0.25, 0.3) is 0 Å². The first-order valence-electron chi connectivity index (χ1n) is 6.05. The molecule has 19 heavy (non-hydrogen) atoms. The zero-order valence-electron chi connectivity index (χ0n) is 10.2. The fourth-order valence-electron chi connectivity index (χ4n) is 1.99. The maximum absolute atomic E-state index is 9.34. The molecule has 0 saturated carbocycles. The van der Waals surface area contributed by atoms with Crippen molar-refractivity contribution < 1.29 is 5.11 Å². The summed E-state index contributed by atoms with van der Waals surface area (Å²) in [5.74, 6) is 1.33. The summed E-state index contributed by atoms with van der Waals surface area (Å²) in [5.41, 5.74) is 2.67. The number of aromatic amines is 1. The Morgan fingerprint density at radius 2 is 1.68 bits per heavy atom. The van der Waals surface area contributed by atoms with Crippen molar-refractivity contribution in [3.05, 3.63) is 60.2 Å². The number of rotatable bonds is 3. The minimum atomic E-state index is -0.0163. The summed E-state index contributed by atoms with van der Waals surface area (Å²) in [7, 11) is 0. The Morgan fingerprint density at radius 1 is 0.947 bits per heavy atom. The van der Waals surface area contributed by atoms with Gasteiger partial charge in [-0.05, 0) is 5.56 Å². The lowest BCUT2D eigenvalue weighted by atomic mass is 10.1. The number of hydrogen-bond acceptors (Lipinski definition) is 3. The summed E-state index contributed by atoms with van der Waals surface area (Å²) in [6, 6.07) is 17.4. The summed E-state index contributed by atoms with van der Waals surface area (Å²) in [6.45, 7) is -0.0163. The zero-order valence-corrected chi connectivity index (χ0v) is 10.2. The average Bonchev–Trinajstić information content (AvgIpc) is 2.98. The third-order valence-electron chi connectivity index (χ3n) is 2.96. The molecule has 0 radical (unpaired) electrons. The van der Waals surface area contributed by atoms with E-state index in [1.54, 1.807) is 0 Å². The van der Waals surface area contributed by atoms with Gasteiger partial charge in [0.15, 0.2) is 11.6 Å². The van der Waals surface area contributed by atoms with E-state index in [2.05, 4.69) is 15.2 Å². The monoisotopic (exact) mass is 251 g/mol. The van der Waals surface area contributed by atoms with Gasteiger partial charge in [-0.1, -0.05) is 54.6 Å². The van der Waals surface area contributed by atoms with Crippen molar-refractivity contribution in [2.45, 2.75) is 6.61 Å². The first-order chi connectivity index (χ1) is 9.38. The smallest absolute Gasteiger partial charge is 0.181 e. The molecule has 1 aromatic heterocycles. The van der Waals surface area contributed by atoms with Gasteiger partial charge in [-0.2, -0.15) is 5.10 Å². The van der Waals surface area contributed by atoms with Crippen molar-refractivity contribution in [3.8, 4) is 22.8 Å². The van der Waals surface area contributed by atoms with Crippen LogP contribution in [0.4, 0.5) is 0 Å². The molecule has 4 nitrogen and oxygen atoms in total. The lowest BCUT2D eigenvalue weighted by Gasteiger charge is -2.02. The first-order valence-corrected chi connectivity index (χ1v) is 6.05. The molecule has 0 saturated heterocycles. The summed E-state index contributed by atoms with van der Waals surface area (Å²) >= 11 is 0. The van der Waals surface area contributed by atoms with Crippen LogP contribution < -0.4 is 0 Å². The van der Waals surface area contributed by atoms with Crippen LogP contribution in [0, 0.1) is 0 Å². The number of aliphatic hydroxyl groups is 1. The summed E-state index contributed by atoms with van der Waals surface area (Å²) in [5, 5.41) is 16.5. The largest absolute Gasteiger partial charge is 0.392 e. The number of hydrogen-bond donors (Lipinski definition) is 2. The fourth-order valence-corrected chi connectivity index (χ4v) is 1.99. The van der Waals surface area contributed by atoms with Crippen molar-refractivity contribution in [2.75, 3.05) is 0 Å². The quantitative estimate of drug-likeness (QED) is 0.752. The topological polar surface area (TPSA) is 61.8 Å². The fraction of sp³-hybridized carbons (Fsp3) is 0.0667. The maximum Gasteiger partial charge on any atom is 0.181 e. The molecule has 0 bridgehead atoms. The van der Waals surface area contributed by atoms with Crippen LogP contribution in [0.5, 0.6) is 0 Å². The van der Waals surface area contributed by atoms with E-state index in [-0.39, 0.29) is 6.61 Å². The third kappa shape index (κ3) is 2.26. The van der Waals surface area contributed by atoms with Crippen molar-refractivity contribution in [3.63, 3.8) is 0 Å². The van der Waals surface area contributed by atoms with E-state index in [1.165, 1.54) is 0 Å². The van der Waals surface area contributed by atoms with Crippen LogP contribution in [0.3, 0.4) is 0 Å². The standard InChI is InChI=1S/C15H13N3O/c19-10-12-8-4-5-9-13(12)15-16-14(17-18-15)11-6-2-1-3-7-11/h1-9,19H,10H2,(H,16,17,18). The molecule has 2 N–H and O–H groups in total. The molecule has 0 fully saturated rings. The number of nitrogens with zero attached hydrogens (tertiary/aromatic N) is 2. The van der Waals surface area contributed by atoms with E-state index in [9.17, 15) is 5.11 Å². The van der Waals surface area contributed by atoms with E-state index in [1.807, 2.05) is 54.6 Å². The molecule has 0 aliphatic carbocycles. The van der Waals surface area contributed by atoms with Crippen LogP contribution in [0.1, 0.15) is 5.56 Å². The molecule has 3 rings (SSSR count). The highest BCUT2D eigenvalue weighted by Crippen LogP contribution is 2.22. The molecule has 0 spiro atoms. The number of benzene rings is 2. The molecule has 3 aromatic rings. The summed E-state index contributed by atoms with van der Waals surface area (Å²) in [4.78, 5) is 4.48. The molecule has 4 heteroatoms. The Balaban J connectivity index is 2.02. The SMILES string of the molecule is OCc1ccccc1-c1nc(-c2ccccc2)n[nH]1. The third-order valence-corrected chi connectivity index (χ3v) is 2.96. The summed E-state index contributed by atoms with van der Waals surface area (Å²) < 4.78 is 0. The van der Waals surface area contributed by atoms with Gasteiger partial charge < -0.3 is 5.11 Å². The molecule has 0 amide bonds. The van der Waals surface area contributed by atoms with Crippen molar-refractivity contribution in [2.24, 2.45) is 0 Å². The molecule has 1 heterocycles. The van der Waals surface area contributed by atoms with Gasteiger partial charge in [0.1, 0.15) is 0 Å². The molecular weight excluding hydrogens is 238 g/mol. The van der Waals surface area contributed by atoms with Crippen molar-refractivity contribution in [1.82, 2.24) is 15.2 Å². The average molecular weight is 251 g/mol.